The molecule has 0 bridgehead atoms. The largest absolute Gasteiger partial charge is 0.394 e. The molecule has 0 amide bonds. The van der Waals surface area contributed by atoms with E-state index in [9.17, 15) is 10.2 Å². The van der Waals surface area contributed by atoms with Gasteiger partial charge in [-0.25, -0.2) is 0 Å². The van der Waals surface area contributed by atoms with Crippen LogP contribution in [0.25, 0.3) is 0 Å². The lowest BCUT2D eigenvalue weighted by Crippen LogP contribution is -2.35. The highest BCUT2D eigenvalue weighted by atomic mass is 16.7. The molecule has 1 unspecified atom stereocenters. The van der Waals surface area contributed by atoms with Crippen molar-refractivity contribution in [1.29, 1.82) is 0 Å². The van der Waals surface area contributed by atoms with Crippen molar-refractivity contribution in [3.8, 4) is 0 Å². The molecule has 1 fully saturated rings. The number of aliphatic hydroxyl groups excluding tert-OH is 3. The molecule has 13 heavy (non-hydrogen) atoms. The number of aliphatic hydroxyl groups is 3. The maximum Gasteiger partial charge on any atom is 0.186 e. The zero-order chi connectivity index (χ0) is 10.0. The topological polar surface area (TPSA) is 79.2 Å². The fraction of sp³-hybridized carbons (Fsp3) is 1.00. The van der Waals surface area contributed by atoms with Crippen LogP contribution < -0.4 is 0 Å². The highest BCUT2D eigenvalue weighted by molar-refractivity contribution is 4.86. The molecule has 0 aromatic rings. The average molecular weight is 192 g/mol. The monoisotopic (exact) mass is 192 g/mol. The van der Waals surface area contributed by atoms with Crippen LogP contribution in [0.3, 0.4) is 0 Å². The van der Waals surface area contributed by atoms with Crippen molar-refractivity contribution < 1.29 is 24.8 Å². The Morgan fingerprint density at radius 1 is 1.31 bits per heavy atom. The number of rotatable bonds is 3. The summed E-state index contributed by atoms with van der Waals surface area (Å²) >= 11 is 0. The maximum absolute atomic E-state index is 9.40. The Morgan fingerprint density at radius 3 is 2.31 bits per heavy atom. The van der Waals surface area contributed by atoms with Gasteiger partial charge in [0, 0.05) is 0 Å². The van der Waals surface area contributed by atoms with Gasteiger partial charge in [0.2, 0.25) is 0 Å². The van der Waals surface area contributed by atoms with Gasteiger partial charge in [-0.2, -0.15) is 0 Å². The molecule has 0 spiro atoms. The summed E-state index contributed by atoms with van der Waals surface area (Å²) < 4.78 is 10.3. The number of hydrogen-bond acceptors (Lipinski definition) is 5. The predicted molar refractivity (Wildman–Crippen MR) is 44.0 cm³/mol. The van der Waals surface area contributed by atoms with Gasteiger partial charge in [0.1, 0.15) is 18.3 Å². The second kappa shape index (κ2) is 4.34. The molecule has 0 aromatic carbocycles. The molecule has 1 rings (SSSR count). The Hall–Kier alpha value is -0.200. The third-order valence-corrected chi connectivity index (χ3v) is 1.90. The van der Waals surface area contributed by atoms with E-state index in [4.69, 9.17) is 14.6 Å². The van der Waals surface area contributed by atoms with E-state index in [2.05, 4.69) is 0 Å². The second-order valence-electron chi connectivity index (χ2n) is 3.39. The van der Waals surface area contributed by atoms with E-state index < -0.39 is 24.6 Å². The van der Waals surface area contributed by atoms with Crippen molar-refractivity contribution >= 4 is 0 Å². The molecule has 3 N–H and O–H groups in total. The molecule has 0 aromatic heterocycles. The van der Waals surface area contributed by atoms with Gasteiger partial charge < -0.3 is 24.8 Å². The van der Waals surface area contributed by atoms with E-state index in [1.165, 1.54) is 0 Å². The lowest BCUT2D eigenvalue weighted by molar-refractivity contribution is -0.186. The van der Waals surface area contributed by atoms with Crippen LogP contribution in [-0.2, 0) is 9.47 Å². The van der Waals surface area contributed by atoms with Crippen molar-refractivity contribution in [3.05, 3.63) is 0 Å². The molecule has 0 saturated carbocycles. The normalized spacial score (nSPS) is 40.2. The fourth-order valence-corrected chi connectivity index (χ4v) is 1.25. The minimum atomic E-state index is -1.08. The van der Waals surface area contributed by atoms with E-state index in [0.717, 1.165) is 0 Å². The van der Waals surface area contributed by atoms with Crippen molar-refractivity contribution in [1.82, 2.24) is 0 Å². The maximum atomic E-state index is 9.40. The van der Waals surface area contributed by atoms with Crippen LogP contribution in [0.2, 0.25) is 0 Å². The Bertz CT molecular complexity index is 161. The van der Waals surface area contributed by atoms with Gasteiger partial charge in [0.15, 0.2) is 6.29 Å². The van der Waals surface area contributed by atoms with Crippen LogP contribution in [0.1, 0.15) is 13.8 Å². The average Bonchev–Trinajstić information content (AvgIpc) is 2.32. The minimum Gasteiger partial charge on any atom is -0.394 e. The van der Waals surface area contributed by atoms with E-state index in [0.29, 0.717) is 0 Å². The molecule has 5 nitrogen and oxygen atoms in total. The summed E-state index contributed by atoms with van der Waals surface area (Å²) in [5.41, 5.74) is 0. The Kier molecular flexibility index (Phi) is 3.63. The predicted octanol–water partition coefficient (Wildman–Crippen LogP) is -1.15. The molecule has 4 atom stereocenters. The first kappa shape index (κ1) is 10.9. The van der Waals surface area contributed by atoms with Crippen molar-refractivity contribution in [2.24, 2.45) is 0 Å². The molecule has 1 heterocycles. The van der Waals surface area contributed by atoms with Crippen LogP contribution in [0.5, 0.6) is 0 Å². The highest BCUT2D eigenvalue weighted by Gasteiger charge is 2.43. The van der Waals surface area contributed by atoms with Crippen LogP contribution >= 0.6 is 0 Å². The quantitative estimate of drug-likeness (QED) is 0.526. The molecule has 78 valence electrons. The molecule has 1 aliphatic rings. The first-order valence-corrected chi connectivity index (χ1v) is 4.34. The summed E-state index contributed by atoms with van der Waals surface area (Å²) in [6.07, 6.45) is -3.84. The first-order chi connectivity index (χ1) is 6.06. The summed E-state index contributed by atoms with van der Waals surface area (Å²) in [5.74, 6) is 0. The highest BCUT2D eigenvalue weighted by Crippen LogP contribution is 2.22. The molecule has 5 heteroatoms. The lowest BCUT2D eigenvalue weighted by atomic mass is 10.1. The standard InChI is InChI=1S/C8H16O5/c1-4(2)12-8-7(11)6(10)5(3-9)13-8/h4-11H,3H2,1-2H3/t5-,6+,7?,8+/m1/s1. The Balaban J connectivity index is 2.50. The van der Waals surface area contributed by atoms with E-state index in [1.807, 2.05) is 0 Å². The van der Waals surface area contributed by atoms with E-state index >= 15 is 0 Å². The zero-order valence-corrected chi connectivity index (χ0v) is 7.75. The van der Waals surface area contributed by atoms with Gasteiger partial charge in [-0.05, 0) is 13.8 Å². The van der Waals surface area contributed by atoms with Gasteiger partial charge in [-0.3, -0.25) is 0 Å². The van der Waals surface area contributed by atoms with E-state index in [1.54, 1.807) is 13.8 Å². The van der Waals surface area contributed by atoms with Crippen LogP contribution in [0.15, 0.2) is 0 Å². The molecular weight excluding hydrogens is 176 g/mol. The minimum absolute atomic E-state index is 0.0932. The van der Waals surface area contributed by atoms with Gasteiger partial charge in [0.05, 0.1) is 12.7 Å². The van der Waals surface area contributed by atoms with Gasteiger partial charge in [-0.15, -0.1) is 0 Å². The Labute approximate surface area is 76.9 Å². The van der Waals surface area contributed by atoms with Crippen LogP contribution in [-0.4, -0.2) is 52.6 Å². The third kappa shape index (κ3) is 2.38. The first-order valence-electron chi connectivity index (χ1n) is 4.34. The van der Waals surface area contributed by atoms with Gasteiger partial charge >= 0.3 is 0 Å². The summed E-state index contributed by atoms with van der Waals surface area (Å²) in [7, 11) is 0. The molecular formula is C8H16O5. The molecule has 1 saturated heterocycles. The van der Waals surface area contributed by atoms with Gasteiger partial charge in [0.25, 0.3) is 0 Å². The second-order valence-corrected chi connectivity index (χ2v) is 3.39. The summed E-state index contributed by atoms with van der Waals surface area (Å²) in [6.45, 7) is 3.28. The number of hydrogen-bond donors (Lipinski definition) is 3. The molecule has 1 aliphatic heterocycles. The smallest absolute Gasteiger partial charge is 0.186 e. The van der Waals surface area contributed by atoms with E-state index in [-0.39, 0.29) is 12.7 Å². The Morgan fingerprint density at radius 2 is 1.92 bits per heavy atom. The summed E-state index contributed by atoms with van der Waals surface area (Å²) in [4.78, 5) is 0. The fourth-order valence-electron chi connectivity index (χ4n) is 1.25. The SMILES string of the molecule is CC(C)O[C@H]1O[C@H](CO)[C@H](O)C1O. The van der Waals surface area contributed by atoms with Gasteiger partial charge in [-0.1, -0.05) is 0 Å². The zero-order valence-electron chi connectivity index (χ0n) is 7.75. The van der Waals surface area contributed by atoms with Crippen LogP contribution in [0, 0.1) is 0 Å². The third-order valence-electron chi connectivity index (χ3n) is 1.90. The van der Waals surface area contributed by atoms with Crippen LogP contribution in [0.4, 0.5) is 0 Å². The summed E-state index contributed by atoms with van der Waals surface area (Å²) in [5, 5.41) is 27.5. The summed E-state index contributed by atoms with van der Waals surface area (Å²) in [6, 6.07) is 0. The number of ether oxygens (including phenoxy) is 2. The molecule has 0 radical (unpaired) electrons. The molecule has 0 aliphatic carbocycles. The van der Waals surface area contributed by atoms with Crippen molar-refractivity contribution in [2.45, 2.75) is 44.6 Å². The van der Waals surface area contributed by atoms with Crippen molar-refractivity contribution in [3.63, 3.8) is 0 Å². The van der Waals surface area contributed by atoms with Crippen molar-refractivity contribution in [2.75, 3.05) is 6.61 Å². The lowest BCUT2D eigenvalue weighted by Gasteiger charge is -2.17.